The molecule has 0 aromatic carbocycles. The number of Topliss-reactive ketones (excluding diaryl/α,β-unsaturated/α-hetero) is 1. The van der Waals surface area contributed by atoms with Gasteiger partial charge < -0.3 is 4.98 Å². The second-order valence-corrected chi connectivity index (χ2v) is 3.09. The first-order valence-corrected chi connectivity index (χ1v) is 4.06. The zero-order valence-electron chi connectivity index (χ0n) is 7.97. The van der Waals surface area contributed by atoms with E-state index in [9.17, 15) is 9.59 Å². The van der Waals surface area contributed by atoms with Gasteiger partial charge in [0.2, 0.25) is 0 Å². The number of aryl methyl sites for hydroxylation is 2. The van der Waals surface area contributed by atoms with Crippen LogP contribution in [-0.2, 0) is 11.2 Å². The zero-order valence-corrected chi connectivity index (χ0v) is 7.97. The van der Waals surface area contributed by atoms with Crippen LogP contribution in [0.4, 0.5) is 0 Å². The van der Waals surface area contributed by atoms with E-state index in [0.717, 1.165) is 0 Å². The van der Waals surface area contributed by atoms with Gasteiger partial charge in [-0.1, -0.05) is 0 Å². The molecule has 1 aromatic rings. The van der Waals surface area contributed by atoms with E-state index in [1.165, 1.54) is 6.92 Å². The number of rotatable bonds is 2. The van der Waals surface area contributed by atoms with Crippen LogP contribution in [0.2, 0.25) is 0 Å². The van der Waals surface area contributed by atoms with Crippen LogP contribution in [0, 0.1) is 13.8 Å². The number of hydrogen-bond acceptors (Lipinski definition) is 3. The van der Waals surface area contributed by atoms with Crippen molar-refractivity contribution in [1.82, 2.24) is 9.97 Å². The minimum absolute atomic E-state index is 0.0285. The monoisotopic (exact) mass is 180 g/mol. The molecule has 13 heavy (non-hydrogen) atoms. The summed E-state index contributed by atoms with van der Waals surface area (Å²) in [5, 5.41) is 0. The topological polar surface area (TPSA) is 62.8 Å². The van der Waals surface area contributed by atoms with Crippen molar-refractivity contribution in [3.63, 3.8) is 0 Å². The van der Waals surface area contributed by atoms with Crippen molar-refractivity contribution in [2.24, 2.45) is 0 Å². The third-order valence-corrected chi connectivity index (χ3v) is 1.77. The normalized spacial score (nSPS) is 10.1. The van der Waals surface area contributed by atoms with E-state index in [1.54, 1.807) is 13.8 Å². The van der Waals surface area contributed by atoms with Crippen LogP contribution < -0.4 is 5.56 Å². The number of H-pyrrole nitrogens is 1. The minimum Gasteiger partial charge on any atom is -0.311 e. The fraction of sp³-hybridized carbons (Fsp3) is 0.444. The van der Waals surface area contributed by atoms with Crippen molar-refractivity contribution < 1.29 is 4.79 Å². The Morgan fingerprint density at radius 2 is 2.08 bits per heavy atom. The molecule has 0 radical (unpaired) electrons. The van der Waals surface area contributed by atoms with Crippen LogP contribution in [0.15, 0.2) is 4.79 Å². The molecule has 0 unspecified atom stereocenters. The second-order valence-electron chi connectivity index (χ2n) is 3.09. The number of carbonyl (C=O) groups is 1. The third kappa shape index (κ3) is 2.24. The lowest BCUT2D eigenvalue weighted by Gasteiger charge is -2.02. The average Bonchev–Trinajstić information content (AvgIpc) is 1.96. The number of aromatic nitrogens is 2. The molecule has 0 bridgehead atoms. The quantitative estimate of drug-likeness (QED) is 0.721. The Morgan fingerprint density at radius 3 is 2.54 bits per heavy atom. The van der Waals surface area contributed by atoms with Crippen molar-refractivity contribution in [1.29, 1.82) is 0 Å². The summed E-state index contributed by atoms with van der Waals surface area (Å²) in [6.07, 6.45) is 0.161. The van der Waals surface area contributed by atoms with Crippen molar-refractivity contribution in [3.8, 4) is 0 Å². The number of carbonyl (C=O) groups excluding carboxylic acids is 1. The first kappa shape index (κ1) is 9.64. The predicted molar refractivity (Wildman–Crippen MR) is 48.7 cm³/mol. The molecule has 1 heterocycles. The fourth-order valence-corrected chi connectivity index (χ4v) is 1.21. The van der Waals surface area contributed by atoms with Crippen molar-refractivity contribution in [2.45, 2.75) is 27.2 Å². The highest BCUT2D eigenvalue weighted by atomic mass is 16.1. The van der Waals surface area contributed by atoms with E-state index in [4.69, 9.17) is 0 Å². The second kappa shape index (κ2) is 3.51. The fourth-order valence-electron chi connectivity index (χ4n) is 1.21. The van der Waals surface area contributed by atoms with E-state index in [2.05, 4.69) is 9.97 Å². The first-order chi connectivity index (χ1) is 6.00. The van der Waals surface area contributed by atoms with Gasteiger partial charge in [-0.25, -0.2) is 4.98 Å². The van der Waals surface area contributed by atoms with Gasteiger partial charge in [-0.15, -0.1) is 0 Å². The van der Waals surface area contributed by atoms with Gasteiger partial charge in [-0.2, -0.15) is 0 Å². The molecule has 70 valence electrons. The van der Waals surface area contributed by atoms with Crippen molar-refractivity contribution in [2.75, 3.05) is 0 Å². The molecule has 1 N–H and O–H groups in total. The lowest BCUT2D eigenvalue weighted by atomic mass is 10.1. The van der Waals surface area contributed by atoms with Crippen LogP contribution in [0.25, 0.3) is 0 Å². The number of nitrogens with one attached hydrogen (secondary N) is 1. The van der Waals surface area contributed by atoms with E-state index >= 15 is 0 Å². The molecule has 1 rings (SSSR count). The van der Waals surface area contributed by atoms with Gasteiger partial charge in [-0.3, -0.25) is 9.59 Å². The van der Waals surface area contributed by atoms with Crippen LogP contribution in [0.3, 0.4) is 0 Å². The standard InChI is InChI=1S/C9H12N2O2/c1-5(12)4-8-6(2)10-7(3)11-9(8)13/h4H2,1-3H3,(H,10,11,13). The molecule has 0 amide bonds. The van der Waals surface area contributed by atoms with Crippen LogP contribution in [0.1, 0.15) is 24.0 Å². The third-order valence-electron chi connectivity index (χ3n) is 1.77. The molecule has 0 aliphatic heterocycles. The molecule has 0 fully saturated rings. The number of nitrogens with zero attached hydrogens (tertiary/aromatic N) is 1. The molecular formula is C9H12N2O2. The van der Waals surface area contributed by atoms with Gasteiger partial charge in [0.15, 0.2) is 0 Å². The number of aromatic amines is 1. The lowest BCUT2D eigenvalue weighted by molar-refractivity contribution is -0.116. The lowest BCUT2D eigenvalue weighted by Crippen LogP contribution is -2.19. The molecule has 1 aromatic heterocycles. The number of hydrogen-bond donors (Lipinski definition) is 1. The highest BCUT2D eigenvalue weighted by molar-refractivity contribution is 5.78. The summed E-state index contributed by atoms with van der Waals surface area (Å²) >= 11 is 0. The summed E-state index contributed by atoms with van der Waals surface area (Å²) in [6.45, 7) is 4.91. The highest BCUT2D eigenvalue weighted by Crippen LogP contribution is 1.99. The summed E-state index contributed by atoms with van der Waals surface area (Å²) in [5.74, 6) is 0.550. The van der Waals surface area contributed by atoms with Gasteiger partial charge in [-0.05, 0) is 20.8 Å². The average molecular weight is 180 g/mol. The maximum atomic E-state index is 11.3. The predicted octanol–water partition coefficient (Wildman–Crippen LogP) is 0.518. The Hall–Kier alpha value is -1.45. The summed E-state index contributed by atoms with van der Waals surface area (Å²) in [7, 11) is 0. The summed E-state index contributed by atoms with van der Waals surface area (Å²) < 4.78 is 0. The van der Waals surface area contributed by atoms with E-state index in [0.29, 0.717) is 17.1 Å². The highest BCUT2D eigenvalue weighted by Gasteiger charge is 2.08. The molecule has 0 atom stereocenters. The molecule has 0 saturated heterocycles. The van der Waals surface area contributed by atoms with E-state index in [1.807, 2.05) is 0 Å². The van der Waals surface area contributed by atoms with Gasteiger partial charge in [0.1, 0.15) is 11.6 Å². The molecular weight excluding hydrogens is 168 g/mol. The maximum absolute atomic E-state index is 11.3. The van der Waals surface area contributed by atoms with E-state index in [-0.39, 0.29) is 17.8 Å². The molecule has 4 heteroatoms. The Morgan fingerprint density at radius 1 is 1.46 bits per heavy atom. The van der Waals surface area contributed by atoms with Crippen molar-refractivity contribution in [3.05, 3.63) is 27.4 Å². The Balaban J connectivity index is 3.21. The number of ketones is 1. The van der Waals surface area contributed by atoms with E-state index < -0.39 is 0 Å². The van der Waals surface area contributed by atoms with Gasteiger partial charge in [0, 0.05) is 17.7 Å². The summed E-state index contributed by atoms with van der Waals surface area (Å²) in [6, 6.07) is 0. The largest absolute Gasteiger partial charge is 0.311 e. The smallest absolute Gasteiger partial charge is 0.254 e. The zero-order chi connectivity index (χ0) is 10.0. The Kier molecular flexibility index (Phi) is 2.60. The van der Waals surface area contributed by atoms with Gasteiger partial charge >= 0.3 is 0 Å². The molecule has 0 spiro atoms. The van der Waals surface area contributed by atoms with Crippen LogP contribution in [-0.4, -0.2) is 15.8 Å². The molecule has 4 nitrogen and oxygen atoms in total. The van der Waals surface area contributed by atoms with Crippen LogP contribution in [0.5, 0.6) is 0 Å². The molecule has 0 saturated carbocycles. The van der Waals surface area contributed by atoms with Gasteiger partial charge in [0.25, 0.3) is 5.56 Å². The van der Waals surface area contributed by atoms with Crippen LogP contribution >= 0.6 is 0 Å². The Bertz CT molecular complexity index is 393. The van der Waals surface area contributed by atoms with Gasteiger partial charge in [0.05, 0.1) is 0 Å². The summed E-state index contributed by atoms with van der Waals surface area (Å²) in [5.41, 5.74) is 0.898. The minimum atomic E-state index is -0.208. The maximum Gasteiger partial charge on any atom is 0.254 e. The Labute approximate surface area is 76.0 Å². The van der Waals surface area contributed by atoms with Crippen molar-refractivity contribution >= 4 is 5.78 Å². The molecule has 0 aliphatic rings. The summed E-state index contributed by atoms with van der Waals surface area (Å²) in [4.78, 5) is 28.8. The molecule has 0 aliphatic carbocycles. The SMILES string of the molecule is CC(=O)Cc1c(C)nc(C)[nH]c1=O. The first-order valence-electron chi connectivity index (χ1n) is 4.06.